The van der Waals surface area contributed by atoms with Gasteiger partial charge in [0.1, 0.15) is 11.3 Å². The average molecular weight is 412 g/mol. The number of ether oxygens (including phenoxy) is 1. The zero-order chi connectivity index (χ0) is 21.6. The van der Waals surface area contributed by atoms with E-state index in [2.05, 4.69) is 6.92 Å². The Bertz CT molecular complexity index is 1240. The van der Waals surface area contributed by atoms with E-state index < -0.39 is 0 Å². The van der Waals surface area contributed by atoms with Crippen molar-refractivity contribution in [2.24, 2.45) is 0 Å². The predicted octanol–water partition coefficient (Wildman–Crippen LogP) is 6.06. The van der Waals surface area contributed by atoms with Gasteiger partial charge in [-0.1, -0.05) is 67.9 Å². The van der Waals surface area contributed by atoms with Crippen LogP contribution in [0.2, 0.25) is 0 Å². The number of hydrogen-bond acceptors (Lipinski definition) is 4. The third-order valence-corrected chi connectivity index (χ3v) is 5.29. The Balaban J connectivity index is 1.46. The van der Waals surface area contributed by atoms with Gasteiger partial charge >= 0.3 is 5.63 Å². The summed E-state index contributed by atoms with van der Waals surface area (Å²) in [4.78, 5) is 24.5. The number of unbranched alkanes of at least 4 members (excludes halogenated alkanes) is 1. The molecule has 0 spiro atoms. The van der Waals surface area contributed by atoms with Gasteiger partial charge in [-0.05, 0) is 41.7 Å². The molecule has 0 atom stereocenters. The highest BCUT2D eigenvalue weighted by atomic mass is 16.5. The van der Waals surface area contributed by atoms with Crippen LogP contribution >= 0.6 is 0 Å². The first-order valence-corrected chi connectivity index (χ1v) is 10.5. The highest BCUT2D eigenvalue weighted by molar-refractivity contribution is 5.97. The van der Waals surface area contributed by atoms with Crippen LogP contribution in [0.3, 0.4) is 0 Å². The largest absolute Gasteiger partial charge is 0.485 e. The van der Waals surface area contributed by atoms with Crippen molar-refractivity contribution in [1.29, 1.82) is 0 Å². The van der Waals surface area contributed by atoms with Crippen molar-refractivity contribution < 1.29 is 13.9 Å². The molecular formula is C27H24O4. The summed E-state index contributed by atoms with van der Waals surface area (Å²) in [5, 5.41) is 0.906. The van der Waals surface area contributed by atoms with Gasteiger partial charge in [0.05, 0.1) is 0 Å². The van der Waals surface area contributed by atoms with Gasteiger partial charge in [-0.25, -0.2) is 4.79 Å². The lowest BCUT2D eigenvalue weighted by molar-refractivity contribution is 0.0921. The lowest BCUT2D eigenvalue weighted by Gasteiger charge is -2.09. The summed E-state index contributed by atoms with van der Waals surface area (Å²) in [7, 11) is 0. The molecule has 4 rings (SSSR count). The summed E-state index contributed by atoms with van der Waals surface area (Å²) < 4.78 is 11.0. The first kappa shape index (κ1) is 20.6. The van der Waals surface area contributed by atoms with Gasteiger partial charge in [-0.15, -0.1) is 0 Å². The summed E-state index contributed by atoms with van der Waals surface area (Å²) >= 11 is 0. The van der Waals surface area contributed by atoms with Crippen LogP contribution in [0.1, 0.15) is 35.7 Å². The molecule has 0 aliphatic rings. The van der Waals surface area contributed by atoms with Gasteiger partial charge in [-0.2, -0.15) is 0 Å². The van der Waals surface area contributed by atoms with Crippen molar-refractivity contribution in [3.63, 3.8) is 0 Å². The van der Waals surface area contributed by atoms with Crippen molar-refractivity contribution in [2.75, 3.05) is 6.61 Å². The lowest BCUT2D eigenvalue weighted by Crippen LogP contribution is -2.11. The van der Waals surface area contributed by atoms with Crippen LogP contribution < -0.4 is 10.4 Å². The van der Waals surface area contributed by atoms with Crippen LogP contribution in [0, 0.1) is 0 Å². The molecule has 0 unspecified atom stereocenters. The molecule has 4 nitrogen and oxygen atoms in total. The average Bonchev–Trinajstić information content (AvgIpc) is 2.81. The second kappa shape index (κ2) is 9.43. The van der Waals surface area contributed by atoms with E-state index in [1.807, 2.05) is 66.7 Å². The number of carbonyl (C=O) groups excluding carboxylic acids is 1. The molecule has 0 saturated heterocycles. The number of benzene rings is 3. The van der Waals surface area contributed by atoms with Crippen molar-refractivity contribution in [3.8, 4) is 16.9 Å². The van der Waals surface area contributed by atoms with Crippen LogP contribution in [-0.2, 0) is 6.42 Å². The second-order valence-electron chi connectivity index (χ2n) is 7.51. The SMILES string of the molecule is CCCCc1cc(=O)oc2cc(OCC(=O)c3ccc(-c4ccccc4)cc3)ccc12. The first-order chi connectivity index (χ1) is 15.1. The molecule has 1 heterocycles. The molecule has 0 radical (unpaired) electrons. The third kappa shape index (κ3) is 4.92. The minimum absolute atomic E-state index is 0.0874. The van der Waals surface area contributed by atoms with Crippen molar-refractivity contribution in [1.82, 2.24) is 0 Å². The molecule has 4 aromatic rings. The van der Waals surface area contributed by atoms with Crippen LogP contribution in [0.15, 0.2) is 88.1 Å². The van der Waals surface area contributed by atoms with Crippen LogP contribution in [-0.4, -0.2) is 12.4 Å². The third-order valence-electron chi connectivity index (χ3n) is 5.29. The highest BCUT2D eigenvalue weighted by Crippen LogP contribution is 2.24. The number of carbonyl (C=O) groups is 1. The smallest absolute Gasteiger partial charge is 0.336 e. The molecule has 0 saturated carbocycles. The molecule has 0 fully saturated rings. The molecule has 0 aliphatic heterocycles. The number of Topliss-reactive ketones (excluding diaryl/α,β-unsaturated/α-hetero) is 1. The van der Waals surface area contributed by atoms with E-state index in [1.165, 1.54) is 0 Å². The van der Waals surface area contributed by atoms with Gasteiger partial charge in [0, 0.05) is 23.1 Å². The van der Waals surface area contributed by atoms with Crippen LogP contribution in [0.4, 0.5) is 0 Å². The molecule has 0 bridgehead atoms. The fourth-order valence-electron chi connectivity index (χ4n) is 3.59. The predicted molar refractivity (Wildman–Crippen MR) is 123 cm³/mol. The molecule has 0 amide bonds. The Labute approximate surface area is 181 Å². The highest BCUT2D eigenvalue weighted by Gasteiger charge is 2.10. The molecule has 3 aromatic carbocycles. The van der Waals surface area contributed by atoms with E-state index in [4.69, 9.17) is 9.15 Å². The Hall–Kier alpha value is -3.66. The van der Waals surface area contributed by atoms with Gasteiger partial charge < -0.3 is 9.15 Å². The molecule has 4 heteroatoms. The van der Waals surface area contributed by atoms with Crippen molar-refractivity contribution >= 4 is 16.8 Å². The van der Waals surface area contributed by atoms with E-state index in [0.717, 1.165) is 41.3 Å². The van der Waals surface area contributed by atoms with Gasteiger partial charge in [0.2, 0.25) is 0 Å². The summed E-state index contributed by atoms with van der Waals surface area (Å²) in [6.07, 6.45) is 2.89. The molecule has 0 N–H and O–H groups in total. The topological polar surface area (TPSA) is 56.5 Å². The van der Waals surface area contributed by atoms with E-state index in [-0.39, 0.29) is 18.0 Å². The normalized spacial score (nSPS) is 10.9. The number of rotatable bonds is 8. The second-order valence-corrected chi connectivity index (χ2v) is 7.51. The number of hydrogen-bond donors (Lipinski definition) is 0. The molecule has 156 valence electrons. The number of fused-ring (bicyclic) bond motifs is 1. The van der Waals surface area contributed by atoms with Gasteiger partial charge in [0.25, 0.3) is 0 Å². The van der Waals surface area contributed by atoms with E-state index >= 15 is 0 Å². The zero-order valence-corrected chi connectivity index (χ0v) is 17.5. The Morgan fingerprint density at radius 3 is 2.39 bits per heavy atom. The maximum absolute atomic E-state index is 12.6. The monoisotopic (exact) mass is 412 g/mol. The summed E-state index contributed by atoms with van der Waals surface area (Å²) in [6, 6.07) is 24.4. The van der Waals surface area contributed by atoms with Crippen molar-refractivity contribution in [3.05, 3.63) is 100 Å². The first-order valence-electron chi connectivity index (χ1n) is 10.5. The molecule has 1 aromatic heterocycles. The summed E-state index contributed by atoms with van der Waals surface area (Å²) in [5.41, 5.74) is 3.85. The number of aryl methyl sites for hydroxylation is 1. The molecule has 0 aliphatic carbocycles. The Morgan fingerprint density at radius 1 is 0.903 bits per heavy atom. The minimum atomic E-state index is -0.370. The lowest BCUT2D eigenvalue weighted by atomic mass is 10.0. The fourth-order valence-corrected chi connectivity index (χ4v) is 3.59. The minimum Gasteiger partial charge on any atom is -0.485 e. The fraction of sp³-hybridized carbons (Fsp3) is 0.185. The van der Waals surface area contributed by atoms with E-state index in [9.17, 15) is 9.59 Å². The van der Waals surface area contributed by atoms with E-state index in [0.29, 0.717) is 16.9 Å². The van der Waals surface area contributed by atoms with Crippen LogP contribution in [0.25, 0.3) is 22.1 Å². The Kier molecular flexibility index (Phi) is 6.27. The summed E-state index contributed by atoms with van der Waals surface area (Å²) in [5.74, 6) is 0.385. The number of ketones is 1. The van der Waals surface area contributed by atoms with E-state index in [1.54, 1.807) is 12.1 Å². The molecular weight excluding hydrogens is 388 g/mol. The maximum atomic E-state index is 12.6. The quantitative estimate of drug-likeness (QED) is 0.261. The zero-order valence-electron chi connectivity index (χ0n) is 17.5. The van der Waals surface area contributed by atoms with Gasteiger partial charge in [-0.3, -0.25) is 4.79 Å². The van der Waals surface area contributed by atoms with Crippen molar-refractivity contribution in [2.45, 2.75) is 26.2 Å². The summed E-state index contributed by atoms with van der Waals surface area (Å²) in [6.45, 7) is 2.03. The Morgan fingerprint density at radius 2 is 1.65 bits per heavy atom. The standard InChI is InChI=1S/C27H24O4/c1-2-3-7-22-16-27(29)31-26-17-23(14-15-24(22)26)30-18-25(28)21-12-10-20(11-13-21)19-8-5-4-6-9-19/h4-6,8-17H,2-3,7,18H2,1H3. The van der Waals surface area contributed by atoms with Crippen LogP contribution in [0.5, 0.6) is 5.75 Å². The maximum Gasteiger partial charge on any atom is 0.336 e. The van der Waals surface area contributed by atoms with Gasteiger partial charge in [0.15, 0.2) is 12.4 Å². The molecule has 31 heavy (non-hydrogen) atoms.